The van der Waals surface area contributed by atoms with Crippen molar-refractivity contribution in [2.75, 3.05) is 0 Å². The Labute approximate surface area is 56.7 Å². The van der Waals surface area contributed by atoms with Crippen LogP contribution in [0.3, 0.4) is 0 Å². The molecule has 1 amide bonds. The molecule has 1 heterocycles. The molecular formula is C5H4ClNO2. The molecule has 0 aromatic carbocycles. The van der Waals surface area contributed by atoms with Crippen molar-refractivity contribution in [2.45, 2.75) is 6.42 Å². The number of nitrogens with one attached hydrogen (secondary N) is 1. The van der Waals surface area contributed by atoms with Crippen molar-refractivity contribution >= 4 is 23.3 Å². The lowest BCUT2D eigenvalue weighted by atomic mass is 10.2. The van der Waals surface area contributed by atoms with Gasteiger partial charge in [-0.15, -0.1) is 0 Å². The number of rotatable bonds is 0. The number of hydrogen-bond acceptors (Lipinski definition) is 2. The minimum atomic E-state index is -0.340. The summed E-state index contributed by atoms with van der Waals surface area (Å²) >= 11 is 5.31. The third kappa shape index (κ3) is 1.54. The number of ketones is 1. The lowest BCUT2D eigenvalue weighted by Crippen LogP contribution is -2.27. The van der Waals surface area contributed by atoms with Crippen LogP contribution in [0.5, 0.6) is 0 Å². The first-order chi connectivity index (χ1) is 4.18. The Balaban J connectivity index is 2.79. The van der Waals surface area contributed by atoms with Crippen molar-refractivity contribution in [3.05, 3.63) is 11.2 Å². The maximum absolute atomic E-state index is 10.5. The van der Waals surface area contributed by atoms with Gasteiger partial charge in [-0.1, -0.05) is 11.6 Å². The van der Waals surface area contributed by atoms with Gasteiger partial charge in [0.1, 0.15) is 5.16 Å². The molecule has 0 spiro atoms. The fraction of sp³-hybridized carbons (Fsp3) is 0.200. The highest BCUT2D eigenvalue weighted by Crippen LogP contribution is 2.03. The van der Waals surface area contributed by atoms with Crippen LogP contribution in [0.2, 0.25) is 0 Å². The topological polar surface area (TPSA) is 46.2 Å². The normalized spacial score (nSPS) is 19.0. The van der Waals surface area contributed by atoms with Crippen molar-refractivity contribution < 1.29 is 9.59 Å². The molecule has 48 valence electrons. The molecular weight excluding hydrogens is 142 g/mol. The highest BCUT2D eigenvalue weighted by molar-refractivity contribution is 6.33. The van der Waals surface area contributed by atoms with E-state index >= 15 is 0 Å². The van der Waals surface area contributed by atoms with Crippen molar-refractivity contribution in [2.24, 2.45) is 0 Å². The molecule has 3 nitrogen and oxygen atoms in total. The molecule has 0 unspecified atom stereocenters. The second-order valence-electron chi connectivity index (χ2n) is 1.68. The average molecular weight is 146 g/mol. The summed E-state index contributed by atoms with van der Waals surface area (Å²) in [6.07, 6.45) is 1.11. The Kier molecular flexibility index (Phi) is 1.53. The summed E-state index contributed by atoms with van der Waals surface area (Å²) < 4.78 is 0. The van der Waals surface area contributed by atoms with Gasteiger partial charge in [-0.3, -0.25) is 9.59 Å². The Hall–Kier alpha value is -0.830. The largest absolute Gasteiger partial charge is 0.316 e. The maximum atomic E-state index is 10.5. The number of carbonyl (C=O) groups excluding carboxylic acids is 2. The molecule has 1 rings (SSSR count). The summed E-state index contributed by atoms with van der Waals surface area (Å²) in [6.45, 7) is 0. The predicted molar refractivity (Wildman–Crippen MR) is 31.7 cm³/mol. The van der Waals surface area contributed by atoms with Gasteiger partial charge in [0.15, 0.2) is 5.78 Å². The number of carbonyl (C=O) groups is 2. The maximum Gasteiger partial charge on any atom is 0.232 e. The van der Waals surface area contributed by atoms with E-state index < -0.39 is 0 Å². The van der Waals surface area contributed by atoms with E-state index in [9.17, 15) is 9.59 Å². The summed E-state index contributed by atoms with van der Waals surface area (Å²) in [7, 11) is 0. The Morgan fingerprint density at radius 2 is 2.22 bits per heavy atom. The molecule has 0 fully saturated rings. The van der Waals surface area contributed by atoms with Crippen molar-refractivity contribution in [1.29, 1.82) is 0 Å². The van der Waals surface area contributed by atoms with Gasteiger partial charge in [-0.25, -0.2) is 0 Å². The number of amides is 1. The van der Waals surface area contributed by atoms with Gasteiger partial charge < -0.3 is 5.32 Å². The minimum Gasteiger partial charge on any atom is -0.316 e. The molecule has 1 N–H and O–H groups in total. The first kappa shape index (κ1) is 6.29. The van der Waals surface area contributed by atoms with Gasteiger partial charge in [0.2, 0.25) is 5.91 Å². The molecule has 0 saturated carbocycles. The van der Waals surface area contributed by atoms with Crippen molar-refractivity contribution in [1.82, 2.24) is 5.32 Å². The average Bonchev–Trinajstić information content (AvgIpc) is 1.59. The standard InChI is InChI=1S/C5H4ClNO2/c6-4-1-3(8)2-5(9)7-4/h1H,2H2,(H,7,9). The Bertz CT molecular complexity index is 197. The molecule has 1 aliphatic rings. The van der Waals surface area contributed by atoms with Crippen LogP contribution < -0.4 is 5.32 Å². The van der Waals surface area contributed by atoms with Crippen LogP contribution in [0.4, 0.5) is 0 Å². The van der Waals surface area contributed by atoms with E-state index in [4.69, 9.17) is 11.6 Å². The molecule has 9 heavy (non-hydrogen) atoms. The Morgan fingerprint density at radius 1 is 1.56 bits per heavy atom. The highest BCUT2D eigenvalue weighted by Gasteiger charge is 2.13. The zero-order valence-electron chi connectivity index (χ0n) is 4.48. The SMILES string of the molecule is O=C1C=C(Cl)NC(=O)C1. The third-order valence-electron chi connectivity index (χ3n) is 0.881. The fourth-order valence-electron chi connectivity index (χ4n) is 0.564. The highest BCUT2D eigenvalue weighted by atomic mass is 35.5. The molecule has 0 aliphatic carbocycles. The van der Waals surface area contributed by atoms with Gasteiger partial charge in [0, 0.05) is 6.08 Å². The lowest BCUT2D eigenvalue weighted by Gasteiger charge is -2.05. The van der Waals surface area contributed by atoms with Gasteiger partial charge in [0.05, 0.1) is 6.42 Å². The smallest absolute Gasteiger partial charge is 0.232 e. The zero-order valence-corrected chi connectivity index (χ0v) is 5.23. The number of allylic oxidation sites excluding steroid dienone is 1. The van der Waals surface area contributed by atoms with Gasteiger partial charge in [0.25, 0.3) is 0 Å². The van der Waals surface area contributed by atoms with E-state index in [-0.39, 0.29) is 23.3 Å². The summed E-state index contributed by atoms with van der Waals surface area (Å²) in [4.78, 5) is 20.9. The van der Waals surface area contributed by atoms with Gasteiger partial charge in [-0.05, 0) is 0 Å². The van der Waals surface area contributed by atoms with E-state index in [1.165, 1.54) is 6.08 Å². The summed E-state index contributed by atoms with van der Waals surface area (Å²) in [6, 6.07) is 0. The van der Waals surface area contributed by atoms with Crippen LogP contribution >= 0.6 is 11.6 Å². The first-order valence-electron chi connectivity index (χ1n) is 2.38. The molecule has 0 aromatic rings. The monoisotopic (exact) mass is 145 g/mol. The predicted octanol–water partition coefficient (Wildman–Crippen LogP) is 0.156. The Morgan fingerprint density at radius 3 is 2.67 bits per heavy atom. The van der Waals surface area contributed by atoms with E-state index in [1.807, 2.05) is 0 Å². The molecule has 4 heteroatoms. The quantitative estimate of drug-likeness (QED) is 0.390. The van der Waals surface area contributed by atoms with Gasteiger partial charge in [-0.2, -0.15) is 0 Å². The van der Waals surface area contributed by atoms with Crippen molar-refractivity contribution in [3.8, 4) is 0 Å². The second kappa shape index (κ2) is 2.19. The van der Waals surface area contributed by atoms with Gasteiger partial charge >= 0.3 is 0 Å². The molecule has 0 radical (unpaired) electrons. The zero-order chi connectivity index (χ0) is 6.85. The fourth-order valence-corrected chi connectivity index (χ4v) is 0.791. The van der Waals surface area contributed by atoms with Crippen LogP contribution in [-0.4, -0.2) is 11.7 Å². The van der Waals surface area contributed by atoms with Crippen molar-refractivity contribution in [3.63, 3.8) is 0 Å². The summed E-state index contributed by atoms with van der Waals surface area (Å²) in [5.41, 5.74) is 0. The second-order valence-corrected chi connectivity index (χ2v) is 2.09. The van der Waals surface area contributed by atoms with Crippen LogP contribution in [-0.2, 0) is 9.59 Å². The lowest BCUT2D eigenvalue weighted by molar-refractivity contribution is -0.126. The van der Waals surface area contributed by atoms with E-state index in [0.717, 1.165) is 0 Å². The third-order valence-corrected chi connectivity index (χ3v) is 1.08. The molecule has 0 saturated heterocycles. The summed E-state index contributed by atoms with van der Waals surface area (Å²) in [5, 5.41) is 2.38. The number of halogens is 1. The van der Waals surface area contributed by atoms with E-state index in [0.29, 0.717) is 0 Å². The van der Waals surface area contributed by atoms with Crippen LogP contribution in [0.25, 0.3) is 0 Å². The minimum absolute atomic E-state index is 0.0871. The summed E-state index contributed by atoms with van der Waals surface area (Å²) in [5.74, 6) is -0.587. The molecule has 1 aliphatic heterocycles. The van der Waals surface area contributed by atoms with Crippen LogP contribution in [0.15, 0.2) is 11.2 Å². The molecule has 0 atom stereocenters. The van der Waals surface area contributed by atoms with Crippen LogP contribution in [0.1, 0.15) is 6.42 Å². The molecule has 0 bridgehead atoms. The first-order valence-corrected chi connectivity index (χ1v) is 2.76. The molecule has 0 aromatic heterocycles. The van der Waals surface area contributed by atoms with E-state index in [1.54, 1.807) is 0 Å². The van der Waals surface area contributed by atoms with E-state index in [2.05, 4.69) is 5.32 Å². The number of hydrogen-bond donors (Lipinski definition) is 1. The van der Waals surface area contributed by atoms with Crippen LogP contribution in [0, 0.1) is 0 Å².